The summed E-state index contributed by atoms with van der Waals surface area (Å²) in [5, 5.41) is 11.1. The van der Waals surface area contributed by atoms with Crippen molar-refractivity contribution in [3.63, 3.8) is 0 Å². The van der Waals surface area contributed by atoms with Crippen LogP contribution in [-0.4, -0.2) is 18.6 Å². The molecule has 3 aromatic rings. The van der Waals surface area contributed by atoms with Crippen LogP contribution in [0.15, 0.2) is 65.6 Å². The summed E-state index contributed by atoms with van der Waals surface area (Å²) in [6, 6.07) is 16.5. The largest absolute Gasteiger partial charge is 0.362 e. The van der Waals surface area contributed by atoms with Gasteiger partial charge < -0.3 is 5.32 Å². The number of benzene rings is 2. The SMILES string of the molecule is Cc1cc(F)ccc1S(=O)(=O)Nc1ccc(NC(C)c2ccccc2)nn1. The number of nitrogens with zero attached hydrogens (tertiary/aromatic N) is 2. The molecule has 0 spiro atoms. The molecule has 0 saturated carbocycles. The topological polar surface area (TPSA) is 84.0 Å². The van der Waals surface area contributed by atoms with Gasteiger partial charge in [-0.1, -0.05) is 30.3 Å². The number of hydrogen-bond acceptors (Lipinski definition) is 5. The molecule has 3 rings (SSSR count). The lowest BCUT2D eigenvalue weighted by Gasteiger charge is -2.15. The van der Waals surface area contributed by atoms with Crippen molar-refractivity contribution < 1.29 is 12.8 Å². The van der Waals surface area contributed by atoms with E-state index in [1.54, 1.807) is 6.07 Å². The van der Waals surface area contributed by atoms with E-state index in [-0.39, 0.29) is 16.8 Å². The standard InChI is InChI=1S/C19H19FN4O2S/c1-13-12-16(20)8-9-17(13)27(25,26)24-19-11-10-18(22-23-19)21-14(2)15-6-4-3-5-7-15/h3-12,14H,1-2H3,(H,21,22)(H,23,24). The first-order valence-electron chi connectivity index (χ1n) is 8.29. The minimum absolute atomic E-state index is 0.00870. The monoisotopic (exact) mass is 386 g/mol. The summed E-state index contributed by atoms with van der Waals surface area (Å²) in [6.45, 7) is 3.52. The first-order chi connectivity index (χ1) is 12.8. The molecule has 0 aliphatic rings. The van der Waals surface area contributed by atoms with E-state index in [0.29, 0.717) is 11.4 Å². The number of hydrogen-bond donors (Lipinski definition) is 2. The highest BCUT2D eigenvalue weighted by atomic mass is 32.2. The van der Waals surface area contributed by atoms with E-state index in [9.17, 15) is 12.8 Å². The third-order valence-electron chi connectivity index (χ3n) is 3.99. The first-order valence-corrected chi connectivity index (χ1v) is 9.78. The minimum Gasteiger partial charge on any atom is -0.362 e. The summed E-state index contributed by atoms with van der Waals surface area (Å²) in [7, 11) is -3.88. The highest BCUT2D eigenvalue weighted by Crippen LogP contribution is 2.21. The van der Waals surface area contributed by atoms with Crippen LogP contribution in [0.4, 0.5) is 16.0 Å². The predicted molar refractivity (Wildman–Crippen MR) is 102 cm³/mol. The van der Waals surface area contributed by atoms with Crippen LogP contribution < -0.4 is 10.0 Å². The van der Waals surface area contributed by atoms with Crippen molar-refractivity contribution in [2.24, 2.45) is 0 Å². The Hall–Kier alpha value is -3.00. The van der Waals surface area contributed by atoms with Gasteiger partial charge in [-0.3, -0.25) is 4.72 Å². The van der Waals surface area contributed by atoms with E-state index in [2.05, 4.69) is 20.2 Å². The molecule has 0 bridgehead atoms. The number of sulfonamides is 1. The second-order valence-electron chi connectivity index (χ2n) is 6.10. The second-order valence-corrected chi connectivity index (χ2v) is 7.75. The van der Waals surface area contributed by atoms with E-state index in [1.165, 1.54) is 19.1 Å². The van der Waals surface area contributed by atoms with Gasteiger partial charge in [0, 0.05) is 6.04 Å². The van der Waals surface area contributed by atoms with Gasteiger partial charge in [-0.2, -0.15) is 0 Å². The van der Waals surface area contributed by atoms with Crippen LogP contribution in [0.25, 0.3) is 0 Å². The van der Waals surface area contributed by atoms with Crippen molar-refractivity contribution >= 4 is 21.7 Å². The maximum Gasteiger partial charge on any atom is 0.263 e. The summed E-state index contributed by atoms with van der Waals surface area (Å²) in [4.78, 5) is -0.00870. The molecular formula is C19H19FN4O2S. The van der Waals surface area contributed by atoms with Gasteiger partial charge in [0.25, 0.3) is 10.0 Å². The van der Waals surface area contributed by atoms with Gasteiger partial charge in [-0.15, -0.1) is 10.2 Å². The van der Waals surface area contributed by atoms with Crippen molar-refractivity contribution in [1.29, 1.82) is 0 Å². The lowest BCUT2D eigenvalue weighted by atomic mass is 10.1. The first kappa shape index (κ1) is 18.8. The number of aryl methyl sites for hydroxylation is 1. The number of anilines is 2. The van der Waals surface area contributed by atoms with E-state index in [4.69, 9.17) is 0 Å². The number of rotatable bonds is 6. The quantitative estimate of drug-likeness (QED) is 0.671. The molecule has 0 radical (unpaired) electrons. The third-order valence-corrected chi connectivity index (χ3v) is 5.51. The van der Waals surface area contributed by atoms with Crippen LogP contribution in [-0.2, 0) is 10.0 Å². The van der Waals surface area contributed by atoms with Crippen LogP contribution in [0.3, 0.4) is 0 Å². The highest BCUT2D eigenvalue weighted by molar-refractivity contribution is 7.92. The molecule has 1 atom stereocenters. The van der Waals surface area contributed by atoms with Crippen molar-refractivity contribution in [2.75, 3.05) is 10.0 Å². The van der Waals surface area contributed by atoms with Crippen molar-refractivity contribution in [3.8, 4) is 0 Å². The summed E-state index contributed by atoms with van der Waals surface area (Å²) in [5.74, 6) is 0.109. The van der Waals surface area contributed by atoms with Crippen LogP contribution in [0.1, 0.15) is 24.1 Å². The Bertz CT molecular complexity index is 1030. The zero-order chi connectivity index (χ0) is 19.4. The Morgan fingerprint density at radius 1 is 0.963 bits per heavy atom. The summed E-state index contributed by atoms with van der Waals surface area (Å²) in [6.07, 6.45) is 0. The molecule has 1 heterocycles. The molecule has 0 amide bonds. The Kier molecular flexibility index (Phi) is 5.36. The third kappa shape index (κ3) is 4.59. The predicted octanol–water partition coefficient (Wildman–Crippen LogP) is 3.90. The second kappa shape index (κ2) is 7.71. The highest BCUT2D eigenvalue weighted by Gasteiger charge is 2.18. The molecule has 27 heavy (non-hydrogen) atoms. The van der Waals surface area contributed by atoms with E-state index >= 15 is 0 Å². The molecule has 6 nitrogen and oxygen atoms in total. The fourth-order valence-electron chi connectivity index (χ4n) is 2.62. The fourth-order valence-corrected chi connectivity index (χ4v) is 3.84. The maximum atomic E-state index is 13.2. The molecule has 0 aliphatic heterocycles. The minimum atomic E-state index is -3.88. The van der Waals surface area contributed by atoms with Gasteiger partial charge in [0.2, 0.25) is 0 Å². The van der Waals surface area contributed by atoms with Gasteiger partial charge in [-0.05, 0) is 55.3 Å². The lowest BCUT2D eigenvalue weighted by Crippen LogP contribution is -2.16. The normalized spacial score (nSPS) is 12.4. The fraction of sp³-hybridized carbons (Fsp3) is 0.158. The molecule has 2 N–H and O–H groups in total. The van der Waals surface area contributed by atoms with E-state index in [0.717, 1.165) is 17.7 Å². The molecule has 140 valence electrons. The maximum absolute atomic E-state index is 13.2. The summed E-state index contributed by atoms with van der Waals surface area (Å²) < 4.78 is 40.5. The molecule has 1 aromatic heterocycles. The molecule has 0 saturated heterocycles. The Morgan fingerprint density at radius 3 is 2.26 bits per heavy atom. The summed E-state index contributed by atoms with van der Waals surface area (Å²) >= 11 is 0. The van der Waals surface area contributed by atoms with Crippen molar-refractivity contribution in [1.82, 2.24) is 10.2 Å². The smallest absolute Gasteiger partial charge is 0.263 e. The van der Waals surface area contributed by atoms with Gasteiger partial charge in [0.05, 0.1) is 4.90 Å². The molecule has 0 aliphatic carbocycles. The lowest BCUT2D eigenvalue weighted by molar-refractivity contribution is 0.598. The molecule has 8 heteroatoms. The molecule has 0 fully saturated rings. The number of aromatic nitrogens is 2. The van der Waals surface area contributed by atoms with Gasteiger partial charge in [-0.25, -0.2) is 12.8 Å². The van der Waals surface area contributed by atoms with Crippen LogP contribution in [0, 0.1) is 12.7 Å². The number of nitrogens with one attached hydrogen (secondary N) is 2. The summed E-state index contributed by atoms with van der Waals surface area (Å²) in [5.41, 5.74) is 1.40. The molecule has 1 unspecified atom stereocenters. The van der Waals surface area contributed by atoms with E-state index in [1.807, 2.05) is 37.3 Å². The van der Waals surface area contributed by atoms with Crippen LogP contribution in [0.5, 0.6) is 0 Å². The number of halogens is 1. The Morgan fingerprint density at radius 2 is 1.63 bits per heavy atom. The van der Waals surface area contributed by atoms with Crippen LogP contribution in [0.2, 0.25) is 0 Å². The Balaban J connectivity index is 1.72. The average Bonchev–Trinajstić information content (AvgIpc) is 2.63. The van der Waals surface area contributed by atoms with Gasteiger partial charge >= 0.3 is 0 Å². The van der Waals surface area contributed by atoms with E-state index < -0.39 is 15.8 Å². The zero-order valence-corrected chi connectivity index (χ0v) is 15.7. The van der Waals surface area contributed by atoms with Gasteiger partial charge in [0.15, 0.2) is 5.82 Å². The van der Waals surface area contributed by atoms with Gasteiger partial charge in [0.1, 0.15) is 11.6 Å². The van der Waals surface area contributed by atoms with Crippen molar-refractivity contribution in [2.45, 2.75) is 24.8 Å². The molecule has 2 aromatic carbocycles. The van der Waals surface area contributed by atoms with Crippen molar-refractivity contribution in [3.05, 3.63) is 77.6 Å². The Labute approximate surface area is 157 Å². The molecular weight excluding hydrogens is 367 g/mol. The average molecular weight is 386 g/mol. The zero-order valence-electron chi connectivity index (χ0n) is 14.8. The van der Waals surface area contributed by atoms with Crippen LogP contribution >= 0.6 is 0 Å².